The molecule has 3 nitrogen and oxygen atoms in total. The monoisotopic (exact) mass is 235 g/mol. The summed E-state index contributed by atoms with van der Waals surface area (Å²) in [4.78, 5) is 12.9. The van der Waals surface area contributed by atoms with E-state index in [4.69, 9.17) is 5.11 Å². The Balaban J connectivity index is 0.00000196. The van der Waals surface area contributed by atoms with Crippen molar-refractivity contribution in [2.75, 3.05) is 6.54 Å². The van der Waals surface area contributed by atoms with E-state index in [2.05, 4.69) is 18.7 Å². The standard InChI is InChI=1S/C11H21NO2.ClH/c1-9-5-3-4-8-12(9)10(2)6-7-11(13)14;/h9-10H,3-8H2,1-2H3,(H,13,14);1H. The predicted molar refractivity (Wildman–Crippen MR) is 63.6 cm³/mol. The molecule has 0 aromatic heterocycles. The van der Waals surface area contributed by atoms with Crippen LogP contribution in [-0.4, -0.2) is 34.6 Å². The molecule has 4 heteroatoms. The number of aliphatic carboxylic acids is 1. The molecule has 0 saturated carbocycles. The highest BCUT2D eigenvalue weighted by molar-refractivity contribution is 5.85. The minimum absolute atomic E-state index is 0. The largest absolute Gasteiger partial charge is 0.481 e. The second-order valence-electron chi connectivity index (χ2n) is 4.36. The Labute approximate surface area is 98.3 Å². The van der Waals surface area contributed by atoms with Gasteiger partial charge >= 0.3 is 5.97 Å². The van der Waals surface area contributed by atoms with Crippen molar-refractivity contribution in [3.63, 3.8) is 0 Å². The lowest BCUT2D eigenvalue weighted by Crippen LogP contribution is -2.43. The van der Waals surface area contributed by atoms with Crippen LogP contribution in [0.1, 0.15) is 46.0 Å². The van der Waals surface area contributed by atoms with Crippen molar-refractivity contribution < 1.29 is 9.90 Å². The van der Waals surface area contributed by atoms with Crippen LogP contribution < -0.4 is 0 Å². The summed E-state index contributed by atoms with van der Waals surface area (Å²) in [6, 6.07) is 1.05. The van der Waals surface area contributed by atoms with E-state index in [1.54, 1.807) is 0 Å². The van der Waals surface area contributed by atoms with Gasteiger partial charge in [-0.25, -0.2) is 0 Å². The summed E-state index contributed by atoms with van der Waals surface area (Å²) in [5.41, 5.74) is 0. The van der Waals surface area contributed by atoms with Crippen molar-refractivity contribution >= 4 is 18.4 Å². The maximum absolute atomic E-state index is 10.4. The lowest BCUT2D eigenvalue weighted by molar-refractivity contribution is -0.137. The van der Waals surface area contributed by atoms with Gasteiger partial charge in [0, 0.05) is 18.5 Å². The predicted octanol–water partition coefficient (Wildman–Crippen LogP) is 2.54. The van der Waals surface area contributed by atoms with Gasteiger partial charge in [0.1, 0.15) is 0 Å². The van der Waals surface area contributed by atoms with Crippen molar-refractivity contribution in [1.82, 2.24) is 4.90 Å². The van der Waals surface area contributed by atoms with Gasteiger partial charge in [-0.15, -0.1) is 12.4 Å². The van der Waals surface area contributed by atoms with Crippen LogP contribution in [-0.2, 0) is 4.79 Å². The molecule has 0 aromatic carbocycles. The first-order valence-corrected chi connectivity index (χ1v) is 5.59. The molecule has 1 fully saturated rings. The first kappa shape index (κ1) is 14.7. The van der Waals surface area contributed by atoms with Gasteiger partial charge in [0.25, 0.3) is 0 Å². The molecule has 1 N–H and O–H groups in total. The zero-order valence-corrected chi connectivity index (χ0v) is 10.4. The summed E-state index contributed by atoms with van der Waals surface area (Å²) in [5.74, 6) is -0.679. The topological polar surface area (TPSA) is 40.5 Å². The molecule has 1 rings (SSSR count). The number of hydrogen-bond acceptors (Lipinski definition) is 2. The third kappa shape index (κ3) is 4.85. The lowest BCUT2D eigenvalue weighted by Gasteiger charge is -2.38. The number of rotatable bonds is 4. The van der Waals surface area contributed by atoms with E-state index in [1.165, 1.54) is 19.3 Å². The highest BCUT2D eigenvalue weighted by Gasteiger charge is 2.22. The zero-order valence-electron chi connectivity index (χ0n) is 9.61. The van der Waals surface area contributed by atoms with Gasteiger partial charge in [0.2, 0.25) is 0 Å². The molecule has 1 aliphatic rings. The molecule has 2 unspecified atom stereocenters. The molecular formula is C11H22ClNO2. The number of carbonyl (C=O) groups is 1. The fourth-order valence-electron chi connectivity index (χ4n) is 2.27. The summed E-state index contributed by atoms with van der Waals surface area (Å²) in [7, 11) is 0. The first-order chi connectivity index (χ1) is 6.61. The number of carboxylic acid groups (broad SMARTS) is 1. The molecular weight excluding hydrogens is 214 g/mol. The number of nitrogens with zero attached hydrogens (tertiary/aromatic N) is 1. The Morgan fingerprint density at radius 2 is 2.20 bits per heavy atom. The molecule has 1 saturated heterocycles. The second-order valence-corrected chi connectivity index (χ2v) is 4.36. The number of halogens is 1. The van der Waals surface area contributed by atoms with E-state index < -0.39 is 5.97 Å². The molecule has 0 bridgehead atoms. The van der Waals surface area contributed by atoms with Crippen LogP contribution in [0, 0.1) is 0 Å². The van der Waals surface area contributed by atoms with Crippen molar-refractivity contribution in [2.24, 2.45) is 0 Å². The number of carboxylic acids is 1. The summed E-state index contributed by atoms with van der Waals surface area (Å²) >= 11 is 0. The Kier molecular flexibility index (Phi) is 6.94. The van der Waals surface area contributed by atoms with E-state index in [9.17, 15) is 4.79 Å². The summed E-state index contributed by atoms with van der Waals surface area (Å²) < 4.78 is 0. The summed E-state index contributed by atoms with van der Waals surface area (Å²) in [6.45, 7) is 5.53. The van der Waals surface area contributed by atoms with Gasteiger partial charge < -0.3 is 5.11 Å². The molecule has 0 aliphatic carbocycles. The Morgan fingerprint density at radius 3 is 2.73 bits per heavy atom. The maximum Gasteiger partial charge on any atom is 0.303 e. The van der Waals surface area contributed by atoms with Gasteiger partial charge in [0.15, 0.2) is 0 Å². The summed E-state index contributed by atoms with van der Waals surface area (Å²) in [6.07, 6.45) is 4.92. The zero-order chi connectivity index (χ0) is 10.6. The molecule has 0 radical (unpaired) electrons. The van der Waals surface area contributed by atoms with Crippen LogP contribution in [0.4, 0.5) is 0 Å². The van der Waals surface area contributed by atoms with E-state index in [0.29, 0.717) is 18.5 Å². The Bertz CT molecular complexity index is 199. The minimum atomic E-state index is -0.679. The number of piperidine rings is 1. The van der Waals surface area contributed by atoms with Gasteiger partial charge in [-0.05, 0) is 39.7 Å². The smallest absolute Gasteiger partial charge is 0.303 e. The highest BCUT2D eigenvalue weighted by atomic mass is 35.5. The van der Waals surface area contributed by atoms with Crippen LogP contribution in [0.3, 0.4) is 0 Å². The first-order valence-electron chi connectivity index (χ1n) is 5.59. The van der Waals surface area contributed by atoms with Crippen molar-refractivity contribution in [3.8, 4) is 0 Å². The lowest BCUT2D eigenvalue weighted by atomic mass is 10.00. The van der Waals surface area contributed by atoms with Crippen LogP contribution in [0.15, 0.2) is 0 Å². The maximum atomic E-state index is 10.4. The van der Waals surface area contributed by atoms with E-state index in [0.717, 1.165) is 13.0 Å². The van der Waals surface area contributed by atoms with Gasteiger partial charge in [-0.1, -0.05) is 6.42 Å². The second kappa shape index (κ2) is 7.07. The van der Waals surface area contributed by atoms with Crippen molar-refractivity contribution in [1.29, 1.82) is 0 Å². The molecule has 0 spiro atoms. The van der Waals surface area contributed by atoms with E-state index >= 15 is 0 Å². The molecule has 1 heterocycles. The molecule has 90 valence electrons. The van der Waals surface area contributed by atoms with Crippen LogP contribution in [0.25, 0.3) is 0 Å². The fraction of sp³-hybridized carbons (Fsp3) is 0.909. The number of hydrogen-bond donors (Lipinski definition) is 1. The third-order valence-corrected chi connectivity index (χ3v) is 3.20. The van der Waals surface area contributed by atoms with Crippen molar-refractivity contribution in [2.45, 2.75) is 58.0 Å². The van der Waals surface area contributed by atoms with Crippen molar-refractivity contribution in [3.05, 3.63) is 0 Å². The normalized spacial score (nSPS) is 24.3. The Hall–Kier alpha value is -0.280. The molecule has 15 heavy (non-hydrogen) atoms. The number of likely N-dealkylation sites (tertiary alicyclic amines) is 1. The average Bonchev–Trinajstić information content (AvgIpc) is 2.15. The molecule has 1 aliphatic heterocycles. The van der Waals surface area contributed by atoms with Crippen LogP contribution in [0.5, 0.6) is 0 Å². The summed E-state index contributed by atoms with van der Waals surface area (Å²) in [5, 5.41) is 8.61. The average molecular weight is 236 g/mol. The van der Waals surface area contributed by atoms with E-state index in [-0.39, 0.29) is 12.4 Å². The molecule has 2 atom stereocenters. The van der Waals surface area contributed by atoms with E-state index in [1.807, 2.05) is 0 Å². The van der Waals surface area contributed by atoms with Gasteiger partial charge in [-0.2, -0.15) is 0 Å². The SMILES string of the molecule is CC1CCCCN1C(C)CCC(=O)O.Cl. The van der Waals surface area contributed by atoms with Crippen LogP contribution >= 0.6 is 12.4 Å². The third-order valence-electron chi connectivity index (χ3n) is 3.20. The van der Waals surface area contributed by atoms with Gasteiger partial charge in [-0.3, -0.25) is 9.69 Å². The fourth-order valence-corrected chi connectivity index (χ4v) is 2.27. The van der Waals surface area contributed by atoms with Crippen LogP contribution in [0.2, 0.25) is 0 Å². The van der Waals surface area contributed by atoms with Gasteiger partial charge in [0.05, 0.1) is 0 Å². The molecule has 0 aromatic rings. The Morgan fingerprint density at radius 1 is 1.53 bits per heavy atom. The minimum Gasteiger partial charge on any atom is -0.481 e. The molecule has 0 amide bonds. The highest BCUT2D eigenvalue weighted by Crippen LogP contribution is 2.20. The quantitative estimate of drug-likeness (QED) is 0.814.